The first-order valence-electron chi connectivity index (χ1n) is 10.9. The van der Waals surface area contributed by atoms with Crippen molar-refractivity contribution in [3.63, 3.8) is 0 Å². The highest BCUT2D eigenvalue weighted by Gasteiger charge is 2.33. The van der Waals surface area contributed by atoms with Gasteiger partial charge in [0.15, 0.2) is 11.7 Å². The van der Waals surface area contributed by atoms with E-state index >= 15 is 0 Å². The van der Waals surface area contributed by atoms with Crippen LogP contribution in [0.5, 0.6) is 0 Å². The summed E-state index contributed by atoms with van der Waals surface area (Å²) < 4.78 is 11.1. The maximum absolute atomic E-state index is 5.63. The highest BCUT2D eigenvalue weighted by Crippen LogP contribution is 2.40. The molecule has 0 bridgehead atoms. The minimum absolute atomic E-state index is 0. The van der Waals surface area contributed by atoms with E-state index in [1.54, 1.807) is 0 Å². The van der Waals surface area contributed by atoms with Crippen molar-refractivity contribution in [2.24, 2.45) is 10.4 Å². The number of aromatic nitrogens is 1. The molecule has 1 fully saturated rings. The number of hydrogen-bond donors (Lipinski definition) is 2. The van der Waals surface area contributed by atoms with Crippen molar-refractivity contribution in [1.82, 2.24) is 15.8 Å². The van der Waals surface area contributed by atoms with Crippen molar-refractivity contribution < 1.29 is 9.26 Å². The lowest BCUT2D eigenvalue weighted by atomic mass is 9.83. The monoisotopic (exact) mass is 526 g/mol. The van der Waals surface area contributed by atoms with E-state index < -0.39 is 0 Å². The number of halogens is 1. The van der Waals surface area contributed by atoms with Crippen molar-refractivity contribution in [1.29, 1.82) is 0 Å². The van der Waals surface area contributed by atoms with E-state index in [0.29, 0.717) is 12.0 Å². The van der Waals surface area contributed by atoms with Gasteiger partial charge in [-0.1, -0.05) is 48.3 Å². The molecule has 1 heterocycles. The zero-order valence-corrected chi connectivity index (χ0v) is 20.5. The second kappa shape index (κ2) is 12.9. The lowest BCUT2D eigenvalue weighted by molar-refractivity contribution is 0.105. The van der Waals surface area contributed by atoms with Gasteiger partial charge in [0, 0.05) is 37.9 Å². The molecule has 166 valence electrons. The molecule has 1 aliphatic carbocycles. The summed E-state index contributed by atoms with van der Waals surface area (Å²) >= 11 is 0. The van der Waals surface area contributed by atoms with Crippen molar-refractivity contribution in [3.05, 3.63) is 42.1 Å². The minimum atomic E-state index is 0. The van der Waals surface area contributed by atoms with E-state index in [2.05, 4.69) is 29.6 Å². The first-order chi connectivity index (χ1) is 14.2. The van der Waals surface area contributed by atoms with Gasteiger partial charge < -0.3 is 19.9 Å². The average molecular weight is 526 g/mol. The van der Waals surface area contributed by atoms with Crippen LogP contribution in [0.1, 0.15) is 51.6 Å². The topological polar surface area (TPSA) is 71.7 Å². The summed E-state index contributed by atoms with van der Waals surface area (Å²) in [4.78, 5) is 4.72. The number of rotatable bonds is 10. The van der Waals surface area contributed by atoms with Crippen LogP contribution < -0.4 is 10.6 Å². The van der Waals surface area contributed by atoms with Gasteiger partial charge in [0.1, 0.15) is 5.69 Å². The van der Waals surface area contributed by atoms with Crippen LogP contribution in [0.3, 0.4) is 0 Å². The van der Waals surface area contributed by atoms with Crippen molar-refractivity contribution >= 4 is 29.9 Å². The lowest BCUT2D eigenvalue weighted by Gasteiger charge is -2.30. The second-order valence-electron chi connectivity index (χ2n) is 7.75. The molecule has 0 amide bonds. The van der Waals surface area contributed by atoms with Crippen LogP contribution in [0.4, 0.5) is 0 Å². The van der Waals surface area contributed by atoms with Gasteiger partial charge in [0.2, 0.25) is 0 Å². The first kappa shape index (κ1) is 24.7. The largest absolute Gasteiger partial charge is 0.382 e. The molecule has 1 aliphatic rings. The fraction of sp³-hybridized carbons (Fsp3) is 0.565. The molecule has 1 aromatic heterocycles. The molecule has 0 radical (unpaired) electrons. The molecular weight excluding hydrogens is 491 g/mol. The van der Waals surface area contributed by atoms with Crippen molar-refractivity contribution in [2.45, 2.75) is 52.5 Å². The highest BCUT2D eigenvalue weighted by atomic mass is 127. The summed E-state index contributed by atoms with van der Waals surface area (Å²) in [6.45, 7) is 8.01. The molecule has 0 atom stereocenters. The Bertz CT molecular complexity index is 758. The van der Waals surface area contributed by atoms with Gasteiger partial charge in [0.25, 0.3) is 0 Å². The van der Waals surface area contributed by atoms with Gasteiger partial charge in [-0.15, -0.1) is 24.0 Å². The van der Waals surface area contributed by atoms with Crippen LogP contribution in [-0.4, -0.2) is 37.4 Å². The molecule has 0 saturated heterocycles. The fourth-order valence-electron chi connectivity index (χ4n) is 3.97. The van der Waals surface area contributed by atoms with Gasteiger partial charge in [-0.2, -0.15) is 0 Å². The maximum Gasteiger partial charge on any atom is 0.191 e. The van der Waals surface area contributed by atoms with Crippen LogP contribution in [0.2, 0.25) is 0 Å². The van der Waals surface area contributed by atoms with Crippen LogP contribution in [0.25, 0.3) is 11.3 Å². The summed E-state index contributed by atoms with van der Waals surface area (Å²) in [6, 6.07) is 12.0. The molecule has 0 unspecified atom stereocenters. The van der Waals surface area contributed by atoms with Gasteiger partial charge in [0.05, 0.1) is 6.54 Å². The molecule has 2 aromatic rings. The Kier molecular flexibility index (Phi) is 10.6. The van der Waals surface area contributed by atoms with E-state index in [0.717, 1.165) is 55.7 Å². The Hall–Kier alpha value is -1.61. The Balaban J connectivity index is 0.00000320. The molecule has 1 aromatic carbocycles. The van der Waals surface area contributed by atoms with Gasteiger partial charge in [-0.25, -0.2) is 4.99 Å². The molecule has 2 N–H and O–H groups in total. The molecular formula is C23H35IN4O2. The second-order valence-corrected chi connectivity index (χ2v) is 7.75. The average Bonchev–Trinajstić information content (AvgIpc) is 3.41. The molecule has 1 saturated carbocycles. The number of guanidine groups is 1. The molecule has 6 nitrogen and oxygen atoms in total. The quantitative estimate of drug-likeness (QED) is 0.197. The smallest absolute Gasteiger partial charge is 0.191 e. The number of ether oxygens (including phenoxy) is 1. The number of nitrogens with one attached hydrogen (secondary N) is 2. The third-order valence-corrected chi connectivity index (χ3v) is 5.64. The summed E-state index contributed by atoms with van der Waals surface area (Å²) in [6.07, 6.45) is 6.24. The van der Waals surface area contributed by atoms with Gasteiger partial charge >= 0.3 is 0 Å². The number of benzene rings is 1. The number of nitrogens with zero attached hydrogens (tertiary/aromatic N) is 2. The summed E-state index contributed by atoms with van der Waals surface area (Å²) in [5.41, 5.74) is 2.17. The van der Waals surface area contributed by atoms with Crippen molar-refractivity contribution in [3.8, 4) is 11.3 Å². The van der Waals surface area contributed by atoms with E-state index in [9.17, 15) is 0 Å². The Labute approximate surface area is 197 Å². The molecule has 30 heavy (non-hydrogen) atoms. The number of hydrogen-bond acceptors (Lipinski definition) is 4. The fourth-order valence-corrected chi connectivity index (χ4v) is 3.97. The van der Waals surface area contributed by atoms with Crippen molar-refractivity contribution in [2.75, 3.05) is 26.3 Å². The summed E-state index contributed by atoms with van der Waals surface area (Å²) in [5.74, 6) is 1.61. The molecule has 0 aliphatic heterocycles. The Morgan fingerprint density at radius 2 is 1.93 bits per heavy atom. The van der Waals surface area contributed by atoms with Crippen LogP contribution in [0, 0.1) is 5.41 Å². The summed E-state index contributed by atoms with van der Waals surface area (Å²) in [5, 5.41) is 11.1. The Morgan fingerprint density at radius 3 is 2.63 bits per heavy atom. The lowest BCUT2D eigenvalue weighted by Crippen LogP contribution is -2.43. The normalized spacial score (nSPS) is 15.6. The van der Waals surface area contributed by atoms with E-state index in [4.69, 9.17) is 14.3 Å². The molecule has 0 spiro atoms. The van der Waals surface area contributed by atoms with Gasteiger partial charge in [-0.05, 0) is 38.5 Å². The van der Waals surface area contributed by atoms with Crippen LogP contribution in [-0.2, 0) is 11.3 Å². The molecule has 7 heteroatoms. The van der Waals surface area contributed by atoms with E-state index in [1.165, 1.54) is 25.7 Å². The van der Waals surface area contributed by atoms with Crippen LogP contribution in [0.15, 0.2) is 45.9 Å². The Morgan fingerprint density at radius 1 is 1.17 bits per heavy atom. The van der Waals surface area contributed by atoms with Gasteiger partial charge in [-0.3, -0.25) is 0 Å². The third kappa shape index (κ3) is 7.27. The maximum atomic E-state index is 5.63. The molecule has 3 rings (SSSR count). The van der Waals surface area contributed by atoms with E-state index in [-0.39, 0.29) is 24.0 Å². The summed E-state index contributed by atoms with van der Waals surface area (Å²) in [7, 11) is 0. The zero-order chi connectivity index (χ0) is 20.4. The predicted molar refractivity (Wildman–Crippen MR) is 132 cm³/mol. The first-order valence-corrected chi connectivity index (χ1v) is 10.9. The van der Waals surface area contributed by atoms with Crippen LogP contribution >= 0.6 is 24.0 Å². The SMILES string of the molecule is CCNC(=NCc1cc(-c2ccccc2)on1)NCC1(CCOCC)CCCC1.I. The standard InChI is InChI=1S/C23H34N4O2.HI/c1-3-24-22(26-18-23(12-8-9-13-23)14-15-28-4-2)25-17-20-16-21(29-27-20)19-10-6-5-7-11-19;/h5-7,10-11,16H,3-4,8-9,12-15,17-18H2,1-2H3,(H2,24,25,26);1H. The minimum Gasteiger partial charge on any atom is -0.382 e. The predicted octanol–water partition coefficient (Wildman–Crippen LogP) is 5.00. The third-order valence-electron chi connectivity index (χ3n) is 5.64. The zero-order valence-electron chi connectivity index (χ0n) is 18.2. The van der Waals surface area contributed by atoms with E-state index in [1.807, 2.05) is 36.4 Å². The number of aliphatic imine (C=N–C) groups is 1. The highest BCUT2D eigenvalue weighted by molar-refractivity contribution is 14.0.